The predicted octanol–water partition coefficient (Wildman–Crippen LogP) is -3.14. The van der Waals surface area contributed by atoms with Crippen LogP contribution in [0.3, 0.4) is 0 Å². The van der Waals surface area contributed by atoms with Gasteiger partial charge in [-0.1, -0.05) is 0 Å². The van der Waals surface area contributed by atoms with Crippen molar-refractivity contribution in [3.8, 4) is 11.5 Å². The van der Waals surface area contributed by atoms with Crippen LogP contribution >= 0.6 is 0 Å². The van der Waals surface area contributed by atoms with Gasteiger partial charge in [-0.05, 0) is 12.1 Å². The van der Waals surface area contributed by atoms with Gasteiger partial charge in [-0.3, -0.25) is 0 Å². The Morgan fingerprint density at radius 1 is 1.00 bits per heavy atom. The van der Waals surface area contributed by atoms with Gasteiger partial charge in [0, 0.05) is 5.56 Å². The molecule has 0 unspecified atom stereocenters. The summed E-state index contributed by atoms with van der Waals surface area (Å²) in [5, 5.41) is 10.8. The van der Waals surface area contributed by atoms with E-state index in [0.29, 0.717) is 0 Å². The van der Waals surface area contributed by atoms with E-state index < -0.39 is 11.9 Å². The standard InChI is InChI=1S/C11H12O6.Na/c1-15-8-6(10(12)13)4-5-7(9(8)16-2)11(14)17-3;/h4-5H,1-3H3,(H,12,13);/q;+1/p-1. The Labute approximate surface area is 126 Å². The summed E-state index contributed by atoms with van der Waals surface area (Å²) in [5.74, 6) is -2.14. The molecule has 0 N–H and O–H groups in total. The third kappa shape index (κ3) is 3.16. The maximum absolute atomic E-state index is 11.4. The molecule has 6 nitrogen and oxygen atoms in total. The molecule has 0 bridgehead atoms. The van der Waals surface area contributed by atoms with Crippen LogP contribution in [0.25, 0.3) is 0 Å². The number of benzene rings is 1. The molecule has 1 aromatic carbocycles. The molecule has 0 radical (unpaired) electrons. The molecular weight excluding hydrogens is 251 g/mol. The number of carbonyl (C=O) groups excluding carboxylic acids is 2. The molecule has 0 aliphatic carbocycles. The van der Waals surface area contributed by atoms with Crippen LogP contribution < -0.4 is 44.1 Å². The fourth-order valence-electron chi connectivity index (χ4n) is 1.40. The Bertz CT molecular complexity index is 457. The fourth-order valence-corrected chi connectivity index (χ4v) is 1.40. The molecule has 1 aromatic rings. The Morgan fingerprint density at radius 2 is 1.44 bits per heavy atom. The van der Waals surface area contributed by atoms with Crippen molar-refractivity contribution in [2.45, 2.75) is 0 Å². The summed E-state index contributed by atoms with van der Waals surface area (Å²) in [6.45, 7) is 0. The van der Waals surface area contributed by atoms with Crippen molar-refractivity contribution in [3.63, 3.8) is 0 Å². The van der Waals surface area contributed by atoms with Crippen LogP contribution in [-0.4, -0.2) is 33.3 Å². The summed E-state index contributed by atoms with van der Waals surface area (Å²) in [5.41, 5.74) is -0.117. The Hall–Kier alpha value is -1.24. The third-order valence-corrected chi connectivity index (χ3v) is 2.15. The second kappa shape index (κ2) is 7.25. The molecule has 1 rings (SSSR count). The van der Waals surface area contributed by atoms with E-state index in [0.717, 1.165) is 0 Å². The zero-order valence-electron chi connectivity index (χ0n) is 10.6. The van der Waals surface area contributed by atoms with E-state index in [-0.39, 0.29) is 52.2 Å². The van der Waals surface area contributed by atoms with Crippen LogP contribution in [0, 0.1) is 0 Å². The van der Waals surface area contributed by atoms with Gasteiger partial charge in [0.15, 0.2) is 11.5 Å². The normalized spacial score (nSPS) is 9.06. The molecule has 18 heavy (non-hydrogen) atoms. The maximum atomic E-state index is 11.4. The zero-order valence-corrected chi connectivity index (χ0v) is 12.6. The van der Waals surface area contributed by atoms with E-state index in [1.807, 2.05) is 0 Å². The molecule has 92 valence electrons. The summed E-state index contributed by atoms with van der Waals surface area (Å²) in [6, 6.07) is 2.47. The van der Waals surface area contributed by atoms with E-state index in [1.165, 1.54) is 33.5 Å². The predicted molar refractivity (Wildman–Crippen MR) is 55.2 cm³/mol. The van der Waals surface area contributed by atoms with E-state index in [4.69, 9.17) is 9.47 Å². The number of methoxy groups -OCH3 is 3. The Morgan fingerprint density at radius 3 is 1.83 bits per heavy atom. The molecule has 0 atom stereocenters. The van der Waals surface area contributed by atoms with Crippen molar-refractivity contribution in [1.82, 2.24) is 0 Å². The monoisotopic (exact) mass is 262 g/mol. The zero-order chi connectivity index (χ0) is 13.0. The van der Waals surface area contributed by atoms with Gasteiger partial charge < -0.3 is 24.1 Å². The van der Waals surface area contributed by atoms with Crippen molar-refractivity contribution in [1.29, 1.82) is 0 Å². The summed E-state index contributed by atoms with van der Waals surface area (Å²) >= 11 is 0. The van der Waals surface area contributed by atoms with E-state index in [1.54, 1.807) is 0 Å². The van der Waals surface area contributed by atoms with Crippen LogP contribution in [0.5, 0.6) is 11.5 Å². The average Bonchev–Trinajstić information content (AvgIpc) is 2.35. The van der Waals surface area contributed by atoms with Gasteiger partial charge >= 0.3 is 35.5 Å². The number of hydrogen-bond acceptors (Lipinski definition) is 6. The van der Waals surface area contributed by atoms with Gasteiger partial charge in [0.1, 0.15) is 5.56 Å². The van der Waals surface area contributed by atoms with Crippen LogP contribution in [0.15, 0.2) is 12.1 Å². The van der Waals surface area contributed by atoms with Gasteiger partial charge in [-0.25, -0.2) is 4.79 Å². The van der Waals surface area contributed by atoms with Gasteiger partial charge in [-0.15, -0.1) is 0 Å². The Balaban J connectivity index is 0.00000289. The maximum Gasteiger partial charge on any atom is 1.00 e. The van der Waals surface area contributed by atoms with Crippen molar-refractivity contribution in [2.24, 2.45) is 0 Å². The molecule has 0 fully saturated rings. The van der Waals surface area contributed by atoms with Gasteiger partial charge in [0.05, 0.1) is 27.3 Å². The number of hydrogen-bond donors (Lipinski definition) is 0. The first-order valence-electron chi connectivity index (χ1n) is 4.61. The topological polar surface area (TPSA) is 84.9 Å². The smallest absolute Gasteiger partial charge is 0.545 e. The van der Waals surface area contributed by atoms with Gasteiger partial charge in [0.2, 0.25) is 0 Å². The van der Waals surface area contributed by atoms with Gasteiger partial charge in [-0.2, -0.15) is 0 Å². The third-order valence-electron chi connectivity index (χ3n) is 2.15. The number of ether oxygens (including phenoxy) is 3. The molecular formula is C11H11NaO6. The summed E-state index contributed by atoms with van der Waals surface area (Å²) in [7, 11) is 3.77. The van der Waals surface area contributed by atoms with Crippen LogP contribution in [-0.2, 0) is 4.74 Å². The molecule has 0 aromatic heterocycles. The molecule has 0 amide bonds. The first kappa shape index (κ1) is 16.8. The largest absolute Gasteiger partial charge is 1.00 e. The molecule has 0 aliphatic heterocycles. The molecule has 0 saturated carbocycles. The summed E-state index contributed by atoms with van der Waals surface area (Å²) in [6.07, 6.45) is 0. The average molecular weight is 262 g/mol. The first-order valence-corrected chi connectivity index (χ1v) is 4.61. The first-order chi connectivity index (χ1) is 8.06. The number of rotatable bonds is 4. The van der Waals surface area contributed by atoms with E-state index in [2.05, 4.69) is 4.74 Å². The van der Waals surface area contributed by atoms with Crippen LogP contribution in [0.1, 0.15) is 20.7 Å². The van der Waals surface area contributed by atoms with E-state index >= 15 is 0 Å². The Kier molecular flexibility index (Phi) is 6.75. The number of carboxylic acid groups (broad SMARTS) is 1. The van der Waals surface area contributed by atoms with Crippen LogP contribution in [0.4, 0.5) is 0 Å². The van der Waals surface area contributed by atoms with Crippen LogP contribution in [0.2, 0.25) is 0 Å². The van der Waals surface area contributed by atoms with Crippen molar-refractivity contribution in [2.75, 3.05) is 21.3 Å². The molecule has 0 aliphatic rings. The molecule has 0 spiro atoms. The molecule has 0 heterocycles. The fraction of sp³-hybridized carbons (Fsp3) is 0.273. The van der Waals surface area contributed by atoms with Crippen molar-refractivity contribution >= 4 is 11.9 Å². The van der Waals surface area contributed by atoms with Crippen molar-refractivity contribution in [3.05, 3.63) is 23.3 Å². The summed E-state index contributed by atoms with van der Waals surface area (Å²) in [4.78, 5) is 22.3. The molecule has 0 saturated heterocycles. The second-order valence-electron chi connectivity index (χ2n) is 3.01. The minimum absolute atomic E-state index is 0. The quantitative estimate of drug-likeness (QED) is 0.421. The van der Waals surface area contributed by atoms with E-state index in [9.17, 15) is 14.7 Å². The second-order valence-corrected chi connectivity index (χ2v) is 3.01. The number of carbonyl (C=O) groups is 2. The van der Waals surface area contributed by atoms with Crippen molar-refractivity contribution < 1.29 is 58.5 Å². The minimum Gasteiger partial charge on any atom is -0.545 e. The minimum atomic E-state index is -1.42. The number of aromatic carboxylic acids is 1. The number of carboxylic acids is 1. The number of esters is 1. The molecule has 7 heteroatoms. The summed E-state index contributed by atoms with van der Waals surface area (Å²) < 4.78 is 14.4. The van der Waals surface area contributed by atoms with Gasteiger partial charge in [0.25, 0.3) is 0 Å². The SMILES string of the molecule is COC(=O)c1ccc(C(=O)[O-])c(OC)c1OC.[Na+].